The number of carbonyl (C=O) groups is 1. The Morgan fingerprint density at radius 1 is 1.36 bits per heavy atom. The van der Waals surface area contributed by atoms with E-state index in [1.807, 2.05) is 30.3 Å². The fourth-order valence-electron chi connectivity index (χ4n) is 1.64. The molecule has 2 nitrogen and oxygen atoms in total. The molecule has 0 bridgehead atoms. The molecule has 0 radical (unpaired) electrons. The fourth-order valence-corrected chi connectivity index (χ4v) is 1.64. The van der Waals surface area contributed by atoms with Crippen molar-refractivity contribution >= 4 is 5.78 Å². The second-order valence-electron chi connectivity index (χ2n) is 4.02. The molecule has 2 N–H and O–H groups in total. The first-order valence-corrected chi connectivity index (χ1v) is 5.12. The smallest absolute Gasteiger partial charge is 0.179 e. The van der Waals surface area contributed by atoms with E-state index >= 15 is 0 Å². The summed E-state index contributed by atoms with van der Waals surface area (Å²) in [5.41, 5.74) is 6.58. The SMILES string of the molecule is NC(CC1CC1)C(=O)c1ccccc1. The van der Waals surface area contributed by atoms with E-state index in [9.17, 15) is 4.79 Å². The maximum Gasteiger partial charge on any atom is 0.179 e. The molecule has 1 saturated carbocycles. The molecule has 0 aliphatic heterocycles. The summed E-state index contributed by atoms with van der Waals surface area (Å²) >= 11 is 0. The van der Waals surface area contributed by atoms with Gasteiger partial charge in [0.15, 0.2) is 5.78 Å². The van der Waals surface area contributed by atoms with E-state index in [1.54, 1.807) is 0 Å². The monoisotopic (exact) mass is 189 g/mol. The van der Waals surface area contributed by atoms with Crippen LogP contribution < -0.4 is 5.73 Å². The lowest BCUT2D eigenvalue weighted by molar-refractivity contribution is 0.0954. The van der Waals surface area contributed by atoms with Gasteiger partial charge in [0.05, 0.1) is 6.04 Å². The lowest BCUT2D eigenvalue weighted by Crippen LogP contribution is -2.30. The predicted molar refractivity (Wildman–Crippen MR) is 56.1 cm³/mol. The Balaban J connectivity index is 1.99. The molecule has 1 fully saturated rings. The largest absolute Gasteiger partial charge is 0.321 e. The van der Waals surface area contributed by atoms with Crippen molar-refractivity contribution < 1.29 is 4.79 Å². The molecule has 1 atom stereocenters. The first-order chi connectivity index (χ1) is 6.77. The summed E-state index contributed by atoms with van der Waals surface area (Å²) in [6.07, 6.45) is 3.35. The Morgan fingerprint density at radius 3 is 2.57 bits per heavy atom. The standard InChI is InChI=1S/C12H15NO/c13-11(8-9-6-7-9)12(14)10-4-2-1-3-5-10/h1-5,9,11H,6-8,13H2. The van der Waals surface area contributed by atoms with Crippen molar-refractivity contribution in [1.82, 2.24) is 0 Å². The molecule has 2 rings (SSSR count). The van der Waals surface area contributed by atoms with Gasteiger partial charge in [0.25, 0.3) is 0 Å². The summed E-state index contributed by atoms with van der Waals surface area (Å²) in [6, 6.07) is 9.01. The highest BCUT2D eigenvalue weighted by molar-refractivity contribution is 5.99. The molecule has 0 heterocycles. The summed E-state index contributed by atoms with van der Waals surface area (Å²) in [6.45, 7) is 0. The van der Waals surface area contributed by atoms with Crippen LogP contribution in [-0.4, -0.2) is 11.8 Å². The summed E-state index contributed by atoms with van der Waals surface area (Å²) in [4.78, 5) is 11.8. The molecule has 1 aromatic rings. The Bertz CT molecular complexity index is 316. The maximum atomic E-state index is 11.8. The van der Waals surface area contributed by atoms with Crippen LogP contribution in [0.25, 0.3) is 0 Å². The molecule has 2 heteroatoms. The minimum atomic E-state index is -0.301. The third-order valence-corrected chi connectivity index (χ3v) is 2.68. The molecule has 1 unspecified atom stereocenters. The predicted octanol–water partition coefficient (Wildman–Crippen LogP) is 2.00. The molecule has 0 saturated heterocycles. The van der Waals surface area contributed by atoms with Gasteiger partial charge in [-0.3, -0.25) is 4.79 Å². The topological polar surface area (TPSA) is 43.1 Å². The summed E-state index contributed by atoms with van der Waals surface area (Å²) in [5.74, 6) is 0.787. The highest BCUT2D eigenvalue weighted by Crippen LogP contribution is 2.33. The Kier molecular flexibility index (Phi) is 2.64. The normalized spacial score (nSPS) is 17.8. The van der Waals surface area contributed by atoms with Gasteiger partial charge in [-0.25, -0.2) is 0 Å². The van der Waals surface area contributed by atoms with Crippen LogP contribution in [0.15, 0.2) is 30.3 Å². The molecule has 1 aromatic carbocycles. The van der Waals surface area contributed by atoms with Crippen molar-refractivity contribution in [2.75, 3.05) is 0 Å². The lowest BCUT2D eigenvalue weighted by Gasteiger charge is -2.09. The quantitative estimate of drug-likeness (QED) is 0.736. The fraction of sp³-hybridized carbons (Fsp3) is 0.417. The Hall–Kier alpha value is -1.15. The van der Waals surface area contributed by atoms with Gasteiger partial charge in [-0.15, -0.1) is 0 Å². The van der Waals surface area contributed by atoms with E-state index in [1.165, 1.54) is 12.8 Å². The van der Waals surface area contributed by atoms with Crippen LogP contribution in [0.5, 0.6) is 0 Å². The van der Waals surface area contributed by atoms with E-state index in [4.69, 9.17) is 5.73 Å². The summed E-state index contributed by atoms with van der Waals surface area (Å²) in [7, 11) is 0. The van der Waals surface area contributed by atoms with Gasteiger partial charge in [0.2, 0.25) is 0 Å². The second-order valence-corrected chi connectivity index (χ2v) is 4.02. The van der Waals surface area contributed by atoms with E-state index in [-0.39, 0.29) is 11.8 Å². The minimum Gasteiger partial charge on any atom is -0.321 e. The van der Waals surface area contributed by atoms with Crippen molar-refractivity contribution in [3.63, 3.8) is 0 Å². The lowest BCUT2D eigenvalue weighted by atomic mass is 10.0. The summed E-state index contributed by atoms with van der Waals surface area (Å²) < 4.78 is 0. The number of hydrogen-bond donors (Lipinski definition) is 1. The highest BCUT2D eigenvalue weighted by Gasteiger charge is 2.27. The first kappa shape index (κ1) is 9.41. The number of rotatable bonds is 4. The van der Waals surface area contributed by atoms with Crippen molar-refractivity contribution in [3.05, 3.63) is 35.9 Å². The third-order valence-electron chi connectivity index (χ3n) is 2.68. The van der Waals surface area contributed by atoms with Gasteiger partial charge in [-0.1, -0.05) is 43.2 Å². The number of Topliss-reactive ketones (excluding diaryl/α,β-unsaturated/α-hetero) is 1. The summed E-state index contributed by atoms with van der Waals surface area (Å²) in [5, 5.41) is 0. The zero-order valence-corrected chi connectivity index (χ0v) is 8.15. The van der Waals surface area contributed by atoms with Gasteiger partial charge in [-0.05, 0) is 12.3 Å². The van der Waals surface area contributed by atoms with Crippen molar-refractivity contribution in [1.29, 1.82) is 0 Å². The molecule has 14 heavy (non-hydrogen) atoms. The molecular formula is C12H15NO. The van der Waals surface area contributed by atoms with Crippen LogP contribution in [0, 0.1) is 5.92 Å². The number of hydrogen-bond acceptors (Lipinski definition) is 2. The van der Waals surface area contributed by atoms with Crippen LogP contribution >= 0.6 is 0 Å². The molecule has 0 amide bonds. The zero-order chi connectivity index (χ0) is 9.97. The van der Waals surface area contributed by atoms with E-state index < -0.39 is 0 Å². The van der Waals surface area contributed by atoms with Gasteiger partial charge in [0.1, 0.15) is 0 Å². The average molecular weight is 189 g/mol. The van der Waals surface area contributed by atoms with Crippen molar-refractivity contribution in [2.45, 2.75) is 25.3 Å². The molecular weight excluding hydrogens is 174 g/mol. The van der Waals surface area contributed by atoms with E-state index in [2.05, 4.69) is 0 Å². The minimum absolute atomic E-state index is 0.0810. The number of carbonyl (C=O) groups excluding carboxylic acids is 1. The van der Waals surface area contributed by atoms with Crippen LogP contribution in [0.2, 0.25) is 0 Å². The molecule has 1 aliphatic rings. The highest BCUT2D eigenvalue weighted by atomic mass is 16.1. The van der Waals surface area contributed by atoms with E-state index in [0.717, 1.165) is 12.0 Å². The van der Waals surface area contributed by atoms with Crippen LogP contribution in [0.1, 0.15) is 29.6 Å². The van der Waals surface area contributed by atoms with Gasteiger partial charge in [0, 0.05) is 5.56 Å². The molecule has 74 valence electrons. The maximum absolute atomic E-state index is 11.8. The van der Waals surface area contributed by atoms with Gasteiger partial charge >= 0.3 is 0 Å². The third kappa shape index (κ3) is 2.20. The molecule has 0 spiro atoms. The van der Waals surface area contributed by atoms with Crippen molar-refractivity contribution in [2.24, 2.45) is 11.7 Å². The van der Waals surface area contributed by atoms with Gasteiger partial charge < -0.3 is 5.73 Å². The molecule has 0 aromatic heterocycles. The zero-order valence-electron chi connectivity index (χ0n) is 8.15. The Morgan fingerprint density at radius 2 is 2.00 bits per heavy atom. The van der Waals surface area contributed by atoms with Gasteiger partial charge in [-0.2, -0.15) is 0 Å². The number of nitrogens with two attached hydrogens (primary N) is 1. The molecule has 1 aliphatic carbocycles. The Labute approximate surface area is 84.1 Å². The van der Waals surface area contributed by atoms with Crippen LogP contribution in [0.4, 0.5) is 0 Å². The van der Waals surface area contributed by atoms with Crippen molar-refractivity contribution in [3.8, 4) is 0 Å². The first-order valence-electron chi connectivity index (χ1n) is 5.12. The van der Waals surface area contributed by atoms with E-state index in [0.29, 0.717) is 5.92 Å². The van der Waals surface area contributed by atoms with Crippen LogP contribution in [-0.2, 0) is 0 Å². The average Bonchev–Trinajstić information content (AvgIpc) is 3.02. The number of ketones is 1. The van der Waals surface area contributed by atoms with Crippen LogP contribution in [0.3, 0.4) is 0 Å². The number of benzene rings is 1. The second kappa shape index (κ2) is 3.93.